The van der Waals surface area contributed by atoms with Crippen molar-refractivity contribution in [2.75, 3.05) is 17.6 Å². The molecule has 1 heterocycles. The Morgan fingerprint density at radius 2 is 2.33 bits per heavy atom. The molecule has 0 spiro atoms. The molecule has 0 fully saturated rings. The lowest BCUT2D eigenvalue weighted by atomic mass is 10.3. The van der Waals surface area contributed by atoms with Gasteiger partial charge in [0.15, 0.2) is 0 Å². The molecule has 0 aromatic heterocycles. The van der Waals surface area contributed by atoms with Crippen molar-refractivity contribution in [2.45, 2.75) is 4.90 Å². The van der Waals surface area contributed by atoms with Crippen LogP contribution in [0.1, 0.15) is 0 Å². The van der Waals surface area contributed by atoms with Crippen molar-refractivity contribution in [3.05, 3.63) is 23.0 Å². The van der Waals surface area contributed by atoms with E-state index in [2.05, 4.69) is 5.32 Å². The van der Waals surface area contributed by atoms with Crippen LogP contribution in [0.2, 0.25) is 5.02 Å². The summed E-state index contributed by atoms with van der Waals surface area (Å²) < 4.78 is 12.8. The van der Waals surface area contributed by atoms with E-state index >= 15 is 0 Å². The molecule has 1 aliphatic heterocycles. The van der Waals surface area contributed by atoms with Gasteiger partial charge in [0, 0.05) is 17.2 Å². The highest BCUT2D eigenvalue weighted by Gasteiger charge is 2.13. The molecule has 0 aliphatic carbocycles. The van der Waals surface area contributed by atoms with Crippen LogP contribution in [0.15, 0.2) is 17.0 Å². The normalized spacial score (nSPS) is 15.2. The molecule has 0 saturated heterocycles. The minimum Gasteiger partial charge on any atom is -0.382 e. The van der Waals surface area contributed by atoms with E-state index in [0.29, 0.717) is 5.02 Å². The Labute approximate surface area is 79.3 Å². The molecule has 1 aromatic carbocycles. The first-order chi connectivity index (χ1) is 5.77. The van der Waals surface area contributed by atoms with E-state index < -0.39 is 0 Å². The lowest BCUT2D eigenvalue weighted by Crippen LogP contribution is -2.10. The quantitative estimate of drug-likeness (QED) is 0.696. The zero-order valence-electron chi connectivity index (χ0n) is 6.23. The summed E-state index contributed by atoms with van der Waals surface area (Å²) in [5, 5.41) is 3.61. The van der Waals surface area contributed by atoms with Crippen molar-refractivity contribution in [3.8, 4) is 0 Å². The molecule has 0 amide bonds. The van der Waals surface area contributed by atoms with E-state index in [1.54, 1.807) is 11.8 Å². The fraction of sp³-hybridized carbons (Fsp3) is 0.250. The van der Waals surface area contributed by atoms with Gasteiger partial charge in [-0.15, -0.1) is 11.8 Å². The molecule has 0 atom stereocenters. The predicted molar refractivity (Wildman–Crippen MR) is 50.6 cm³/mol. The summed E-state index contributed by atoms with van der Waals surface area (Å²) in [6.07, 6.45) is 0. The minimum atomic E-state index is -0.269. The maximum Gasteiger partial charge on any atom is 0.125 e. The van der Waals surface area contributed by atoms with Gasteiger partial charge in [-0.25, -0.2) is 4.39 Å². The average molecular weight is 204 g/mol. The number of rotatable bonds is 0. The molecule has 12 heavy (non-hydrogen) atoms. The number of fused-ring (bicyclic) bond motifs is 1. The van der Waals surface area contributed by atoms with Gasteiger partial charge in [0.25, 0.3) is 0 Å². The summed E-state index contributed by atoms with van der Waals surface area (Å²) in [6, 6.07) is 2.84. The molecule has 1 aliphatic rings. The smallest absolute Gasteiger partial charge is 0.125 e. The Hall–Kier alpha value is -0.410. The van der Waals surface area contributed by atoms with E-state index in [1.165, 1.54) is 12.1 Å². The van der Waals surface area contributed by atoms with E-state index in [1.807, 2.05) is 0 Å². The fourth-order valence-electron chi connectivity index (χ4n) is 1.17. The zero-order chi connectivity index (χ0) is 8.55. The lowest BCUT2D eigenvalue weighted by molar-refractivity contribution is 0.624. The molecule has 0 bridgehead atoms. The molecule has 4 heteroatoms. The Morgan fingerprint density at radius 1 is 1.50 bits per heavy atom. The fourth-order valence-corrected chi connectivity index (χ4v) is 2.45. The number of benzene rings is 1. The van der Waals surface area contributed by atoms with Gasteiger partial charge in [0.1, 0.15) is 5.82 Å². The molecule has 0 unspecified atom stereocenters. The maximum atomic E-state index is 12.8. The third-order valence-electron chi connectivity index (χ3n) is 1.68. The number of anilines is 1. The second kappa shape index (κ2) is 3.15. The summed E-state index contributed by atoms with van der Waals surface area (Å²) in [5.74, 6) is 0.696. The highest BCUT2D eigenvalue weighted by molar-refractivity contribution is 7.99. The summed E-state index contributed by atoms with van der Waals surface area (Å²) in [4.78, 5) is 0.909. The van der Waals surface area contributed by atoms with Crippen LogP contribution in [-0.2, 0) is 0 Å². The number of thioether (sulfide) groups is 1. The van der Waals surface area contributed by atoms with Crippen LogP contribution in [0.4, 0.5) is 10.1 Å². The SMILES string of the molecule is Fc1cc(Cl)c2c(c1)SCCN2. The standard InChI is InChI=1S/C8H7ClFNS/c9-6-3-5(10)4-7-8(6)11-1-2-12-7/h3-4,11H,1-2H2. The summed E-state index contributed by atoms with van der Waals surface area (Å²) in [7, 11) is 0. The summed E-state index contributed by atoms with van der Waals surface area (Å²) in [6.45, 7) is 0.892. The van der Waals surface area contributed by atoms with E-state index in [-0.39, 0.29) is 5.82 Å². The third-order valence-corrected chi connectivity index (χ3v) is 3.02. The number of nitrogens with one attached hydrogen (secondary N) is 1. The molecule has 1 nitrogen and oxygen atoms in total. The zero-order valence-corrected chi connectivity index (χ0v) is 7.81. The van der Waals surface area contributed by atoms with E-state index in [4.69, 9.17) is 11.6 Å². The van der Waals surface area contributed by atoms with Gasteiger partial charge >= 0.3 is 0 Å². The van der Waals surface area contributed by atoms with Crippen molar-refractivity contribution < 1.29 is 4.39 Å². The molecule has 0 radical (unpaired) electrons. The Kier molecular flexibility index (Phi) is 2.15. The van der Waals surface area contributed by atoms with Crippen molar-refractivity contribution in [1.29, 1.82) is 0 Å². The number of halogens is 2. The molecule has 0 saturated carbocycles. The van der Waals surface area contributed by atoms with Crippen molar-refractivity contribution in [3.63, 3.8) is 0 Å². The number of hydrogen-bond acceptors (Lipinski definition) is 2. The lowest BCUT2D eigenvalue weighted by Gasteiger charge is -2.18. The van der Waals surface area contributed by atoms with E-state index in [9.17, 15) is 4.39 Å². The van der Waals surface area contributed by atoms with Crippen LogP contribution in [0.5, 0.6) is 0 Å². The van der Waals surface area contributed by atoms with Gasteiger partial charge < -0.3 is 5.32 Å². The predicted octanol–water partition coefficient (Wildman–Crippen LogP) is 3.00. The van der Waals surface area contributed by atoms with Crippen molar-refractivity contribution >= 4 is 29.1 Å². The van der Waals surface area contributed by atoms with Gasteiger partial charge in [0.2, 0.25) is 0 Å². The highest BCUT2D eigenvalue weighted by Crippen LogP contribution is 2.36. The van der Waals surface area contributed by atoms with E-state index in [0.717, 1.165) is 22.9 Å². The van der Waals surface area contributed by atoms with Gasteiger partial charge in [-0.1, -0.05) is 11.6 Å². The second-order valence-electron chi connectivity index (χ2n) is 2.54. The minimum absolute atomic E-state index is 0.269. The first-order valence-corrected chi connectivity index (χ1v) is 4.99. The second-order valence-corrected chi connectivity index (χ2v) is 4.08. The van der Waals surface area contributed by atoms with Gasteiger partial charge in [-0.05, 0) is 12.1 Å². The first kappa shape index (κ1) is 8.20. The molecule has 64 valence electrons. The topological polar surface area (TPSA) is 12.0 Å². The third kappa shape index (κ3) is 1.39. The molecular formula is C8H7ClFNS. The average Bonchev–Trinajstić information content (AvgIpc) is 2.04. The van der Waals surface area contributed by atoms with Crippen LogP contribution in [0.25, 0.3) is 0 Å². The summed E-state index contributed by atoms with van der Waals surface area (Å²) in [5.41, 5.74) is 0.870. The van der Waals surface area contributed by atoms with Crippen LogP contribution < -0.4 is 5.32 Å². The molecule has 1 N–H and O–H groups in total. The number of hydrogen-bond donors (Lipinski definition) is 1. The van der Waals surface area contributed by atoms with Gasteiger partial charge in [0.05, 0.1) is 10.7 Å². The van der Waals surface area contributed by atoms with Gasteiger partial charge in [-0.3, -0.25) is 0 Å². The highest BCUT2D eigenvalue weighted by atomic mass is 35.5. The van der Waals surface area contributed by atoms with Gasteiger partial charge in [-0.2, -0.15) is 0 Å². The largest absolute Gasteiger partial charge is 0.382 e. The van der Waals surface area contributed by atoms with Crippen LogP contribution in [-0.4, -0.2) is 12.3 Å². The van der Waals surface area contributed by atoms with Crippen LogP contribution >= 0.6 is 23.4 Å². The molecule has 2 rings (SSSR count). The Bertz CT molecular complexity index is 316. The maximum absolute atomic E-state index is 12.8. The van der Waals surface area contributed by atoms with Crippen LogP contribution in [0, 0.1) is 5.82 Å². The van der Waals surface area contributed by atoms with Crippen molar-refractivity contribution in [2.24, 2.45) is 0 Å². The Balaban J connectivity index is 2.53. The molecular weight excluding hydrogens is 197 g/mol. The van der Waals surface area contributed by atoms with Crippen molar-refractivity contribution in [1.82, 2.24) is 0 Å². The molecule has 1 aromatic rings. The van der Waals surface area contributed by atoms with Crippen LogP contribution in [0.3, 0.4) is 0 Å². The first-order valence-electron chi connectivity index (χ1n) is 3.63. The monoisotopic (exact) mass is 203 g/mol. The Morgan fingerprint density at radius 3 is 3.17 bits per heavy atom. The summed E-state index contributed by atoms with van der Waals surface area (Å²) >= 11 is 7.46.